The SMILES string of the molecule is [2H]C([2H])([2H])c1cc(-c2ccc(F)cc2)nc(C([2H])([2H])[2H])c1C([2H])([2H])[2H]. The van der Waals surface area contributed by atoms with E-state index in [4.69, 9.17) is 12.3 Å². The highest BCUT2D eigenvalue weighted by Gasteiger charge is 2.04. The number of hydrogen-bond acceptors (Lipinski definition) is 1. The summed E-state index contributed by atoms with van der Waals surface area (Å²) < 4.78 is 81.3. The van der Waals surface area contributed by atoms with Crippen LogP contribution in [0.15, 0.2) is 30.3 Å². The second-order valence-corrected chi connectivity index (χ2v) is 3.29. The minimum atomic E-state index is -2.97. The average Bonchev–Trinajstić information content (AvgIpc) is 2.44. The van der Waals surface area contributed by atoms with E-state index in [1.165, 1.54) is 12.1 Å². The zero-order valence-electron chi connectivity index (χ0n) is 17.2. The van der Waals surface area contributed by atoms with E-state index >= 15 is 0 Å². The van der Waals surface area contributed by atoms with Gasteiger partial charge in [-0.15, -0.1) is 0 Å². The first-order valence-corrected chi connectivity index (χ1v) is 4.53. The van der Waals surface area contributed by atoms with E-state index in [1.54, 1.807) is 0 Å². The number of halogens is 1. The van der Waals surface area contributed by atoms with Crippen molar-refractivity contribution in [2.45, 2.75) is 20.6 Å². The monoisotopic (exact) mass is 224 g/mol. The Labute approximate surface area is 108 Å². The van der Waals surface area contributed by atoms with Crippen molar-refractivity contribution < 1.29 is 16.7 Å². The van der Waals surface area contributed by atoms with E-state index in [2.05, 4.69) is 4.98 Å². The van der Waals surface area contributed by atoms with Crippen molar-refractivity contribution in [3.05, 3.63) is 53.0 Å². The lowest BCUT2D eigenvalue weighted by Crippen LogP contribution is -1.94. The van der Waals surface area contributed by atoms with Crippen LogP contribution in [0.1, 0.15) is 29.2 Å². The molecule has 0 aliphatic heterocycles. The molecule has 1 aromatic carbocycles. The van der Waals surface area contributed by atoms with Crippen LogP contribution in [0.3, 0.4) is 0 Å². The van der Waals surface area contributed by atoms with Crippen LogP contribution in [0.4, 0.5) is 4.39 Å². The van der Waals surface area contributed by atoms with E-state index in [1.807, 2.05) is 0 Å². The van der Waals surface area contributed by atoms with Gasteiger partial charge in [-0.3, -0.25) is 4.98 Å². The van der Waals surface area contributed by atoms with Crippen LogP contribution in [0.5, 0.6) is 0 Å². The molecule has 82 valence electrons. The summed E-state index contributed by atoms with van der Waals surface area (Å²) in [7, 11) is 0. The van der Waals surface area contributed by atoms with Gasteiger partial charge in [-0.25, -0.2) is 4.39 Å². The maximum absolute atomic E-state index is 13.1. The van der Waals surface area contributed by atoms with Crippen molar-refractivity contribution in [2.75, 3.05) is 0 Å². The Hall–Kier alpha value is -1.70. The number of aryl methyl sites for hydroxylation is 2. The highest BCUT2D eigenvalue weighted by atomic mass is 19.1. The predicted molar refractivity (Wildman–Crippen MR) is 63.8 cm³/mol. The Balaban J connectivity index is 2.89. The van der Waals surface area contributed by atoms with Crippen molar-refractivity contribution in [1.82, 2.24) is 4.98 Å². The molecule has 0 fully saturated rings. The first-order valence-electron chi connectivity index (χ1n) is 9.03. The minimum absolute atomic E-state index is 0.0507. The highest BCUT2D eigenvalue weighted by Crippen LogP contribution is 2.21. The van der Waals surface area contributed by atoms with Gasteiger partial charge in [-0.05, 0) is 62.0 Å². The standard InChI is InChI=1S/C14H14FN/c1-9-8-14(16-11(3)10(9)2)12-4-6-13(15)7-5-12/h4-8H,1-3H3/i1D3,2D3,3D3. The van der Waals surface area contributed by atoms with Gasteiger partial charge in [0, 0.05) is 23.6 Å². The third-order valence-electron chi connectivity index (χ3n) is 2.16. The molecule has 2 aromatic rings. The zero-order chi connectivity index (χ0) is 19.2. The molecule has 0 saturated carbocycles. The summed E-state index contributed by atoms with van der Waals surface area (Å²) >= 11 is 0. The first-order chi connectivity index (χ1) is 11.2. The van der Waals surface area contributed by atoms with Crippen molar-refractivity contribution >= 4 is 0 Å². The predicted octanol–water partition coefficient (Wildman–Crippen LogP) is 3.81. The quantitative estimate of drug-likeness (QED) is 0.717. The molecule has 0 spiro atoms. The Morgan fingerprint density at radius 2 is 1.94 bits per heavy atom. The molecule has 0 N–H and O–H groups in total. The molecule has 1 aromatic heterocycles. The van der Waals surface area contributed by atoms with Gasteiger partial charge in [0.1, 0.15) is 5.82 Å². The molecule has 0 unspecified atom stereocenters. The molecule has 0 aliphatic rings. The van der Waals surface area contributed by atoms with Gasteiger partial charge >= 0.3 is 0 Å². The van der Waals surface area contributed by atoms with Crippen molar-refractivity contribution in [1.29, 1.82) is 0 Å². The third kappa shape index (κ3) is 1.96. The Kier molecular flexibility index (Phi) is 1.08. The molecule has 1 nitrogen and oxygen atoms in total. The first kappa shape index (κ1) is 4.28. The van der Waals surface area contributed by atoms with Gasteiger partial charge in [0.15, 0.2) is 0 Å². The van der Waals surface area contributed by atoms with Gasteiger partial charge in [-0.2, -0.15) is 0 Å². The summed E-state index contributed by atoms with van der Waals surface area (Å²) in [4.78, 5) is 3.89. The molecule has 16 heavy (non-hydrogen) atoms. The average molecular weight is 224 g/mol. The molecule has 0 amide bonds. The van der Waals surface area contributed by atoms with Gasteiger partial charge in [0.2, 0.25) is 0 Å². The second-order valence-electron chi connectivity index (χ2n) is 3.29. The number of rotatable bonds is 1. The largest absolute Gasteiger partial charge is 0.253 e. The maximum atomic E-state index is 13.1. The van der Waals surface area contributed by atoms with Gasteiger partial charge in [0.25, 0.3) is 0 Å². The summed E-state index contributed by atoms with van der Waals surface area (Å²) in [6.07, 6.45) is 0. The van der Waals surface area contributed by atoms with E-state index in [0.717, 1.165) is 18.2 Å². The number of aromatic nitrogens is 1. The van der Waals surface area contributed by atoms with E-state index in [9.17, 15) is 4.39 Å². The molecule has 2 heteroatoms. The summed E-state index contributed by atoms with van der Waals surface area (Å²) in [6.45, 7) is -8.76. The molecule has 0 saturated heterocycles. The zero-order valence-corrected chi connectivity index (χ0v) is 8.21. The van der Waals surface area contributed by atoms with Crippen LogP contribution in [-0.4, -0.2) is 4.98 Å². The second kappa shape index (κ2) is 4.05. The third-order valence-corrected chi connectivity index (χ3v) is 2.16. The lowest BCUT2D eigenvalue weighted by Gasteiger charge is -2.08. The van der Waals surface area contributed by atoms with Gasteiger partial charge in [-0.1, -0.05) is 0 Å². The normalized spacial score (nSPS) is 21.2. The molecule has 0 radical (unpaired) electrons. The summed E-state index contributed by atoms with van der Waals surface area (Å²) in [6, 6.07) is 5.85. The van der Waals surface area contributed by atoms with Crippen molar-refractivity contribution in [3.63, 3.8) is 0 Å². The fourth-order valence-corrected chi connectivity index (χ4v) is 1.31. The van der Waals surface area contributed by atoms with Gasteiger partial charge < -0.3 is 0 Å². The Morgan fingerprint density at radius 3 is 2.56 bits per heavy atom. The fraction of sp³-hybridized carbons (Fsp3) is 0.214. The number of benzene rings is 1. The maximum Gasteiger partial charge on any atom is 0.123 e. The summed E-state index contributed by atoms with van der Waals surface area (Å²) in [5.41, 5.74) is -1.97. The highest BCUT2D eigenvalue weighted by molar-refractivity contribution is 5.60. The Morgan fingerprint density at radius 1 is 1.12 bits per heavy atom. The van der Waals surface area contributed by atoms with Crippen LogP contribution in [-0.2, 0) is 0 Å². The lowest BCUT2D eigenvalue weighted by molar-refractivity contribution is 0.628. The van der Waals surface area contributed by atoms with Crippen LogP contribution < -0.4 is 0 Å². The summed E-state index contributed by atoms with van der Waals surface area (Å²) in [5.74, 6) is -0.532. The lowest BCUT2D eigenvalue weighted by atomic mass is 10.0. The topological polar surface area (TPSA) is 12.9 Å². The van der Waals surface area contributed by atoms with Crippen LogP contribution in [0, 0.1) is 26.4 Å². The van der Waals surface area contributed by atoms with E-state index in [-0.39, 0.29) is 11.3 Å². The molecule has 0 aliphatic carbocycles. The van der Waals surface area contributed by atoms with Crippen LogP contribution >= 0.6 is 0 Å². The number of pyridine rings is 1. The van der Waals surface area contributed by atoms with Crippen molar-refractivity contribution in [2.24, 2.45) is 0 Å². The van der Waals surface area contributed by atoms with Crippen LogP contribution in [0.25, 0.3) is 11.3 Å². The smallest absolute Gasteiger partial charge is 0.123 e. The number of hydrogen-bond donors (Lipinski definition) is 0. The van der Waals surface area contributed by atoms with Crippen molar-refractivity contribution in [3.8, 4) is 11.3 Å². The molecule has 0 atom stereocenters. The molecule has 2 rings (SSSR count). The number of nitrogens with zero attached hydrogens (tertiary/aromatic N) is 1. The summed E-state index contributed by atoms with van der Waals surface area (Å²) in [5, 5.41) is 0. The Bertz CT molecular complexity index is 738. The molecular weight excluding hydrogens is 201 g/mol. The molecule has 1 heterocycles. The molecule has 0 bridgehead atoms. The van der Waals surface area contributed by atoms with E-state index in [0.29, 0.717) is 0 Å². The fourth-order valence-electron chi connectivity index (χ4n) is 1.31. The molecular formula is C14H14FN. The van der Waals surface area contributed by atoms with E-state index < -0.39 is 43.2 Å². The van der Waals surface area contributed by atoms with Crippen LogP contribution in [0.2, 0.25) is 0 Å². The minimum Gasteiger partial charge on any atom is -0.253 e. The van der Waals surface area contributed by atoms with Gasteiger partial charge in [0.05, 0.1) is 5.69 Å².